The summed E-state index contributed by atoms with van der Waals surface area (Å²) >= 11 is 0. The highest BCUT2D eigenvalue weighted by Gasteiger charge is 2.39. The minimum absolute atomic E-state index is 0.218. The monoisotopic (exact) mass is 402 g/mol. The number of rotatable bonds is 2. The van der Waals surface area contributed by atoms with Crippen molar-refractivity contribution in [2.75, 3.05) is 4.90 Å². The zero-order chi connectivity index (χ0) is 21.9. The van der Waals surface area contributed by atoms with Crippen molar-refractivity contribution in [3.05, 3.63) is 23.8 Å². The van der Waals surface area contributed by atoms with E-state index in [1.165, 1.54) is 41.5 Å². The van der Waals surface area contributed by atoms with Gasteiger partial charge in [-0.1, -0.05) is 6.07 Å². The summed E-state index contributed by atoms with van der Waals surface area (Å²) in [5, 5.41) is 9.30. The Morgan fingerprint density at radius 3 is 1.79 bits per heavy atom. The van der Waals surface area contributed by atoms with Crippen LogP contribution in [0.5, 0.6) is 5.75 Å². The summed E-state index contributed by atoms with van der Waals surface area (Å²) in [6.07, 6.45) is -7.77. The van der Waals surface area contributed by atoms with Crippen LogP contribution >= 0.6 is 0 Å². The number of amides is 2. The molecule has 1 aromatic rings. The number of ether oxygens (including phenoxy) is 3. The molecule has 0 spiro atoms. The predicted molar refractivity (Wildman–Crippen MR) is 92.8 cm³/mol. The summed E-state index contributed by atoms with van der Waals surface area (Å²) < 4.78 is 52.6. The summed E-state index contributed by atoms with van der Waals surface area (Å²) in [7, 11) is 0. The van der Waals surface area contributed by atoms with Gasteiger partial charge >= 0.3 is 18.5 Å². The third-order valence-electron chi connectivity index (χ3n) is 2.72. The number of imide groups is 1. The lowest BCUT2D eigenvalue weighted by Crippen LogP contribution is -2.44. The van der Waals surface area contributed by atoms with Crippen LogP contribution in [0.25, 0.3) is 0 Å². The number of carbonyl (C=O) groups excluding carboxylic acids is 2. The summed E-state index contributed by atoms with van der Waals surface area (Å²) in [6, 6.07) is 4.74. The Balaban J connectivity index is 3.63. The van der Waals surface area contributed by atoms with Gasteiger partial charge in [0.05, 0.1) is 5.56 Å². The molecular weight excluding hydrogens is 381 g/mol. The fourth-order valence-electron chi connectivity index (χ4n) is 1.92. The first-order valence-electron chi connectivity index (χ1n) is 8.09. The van der Waals surface area contributed by atoms with Crippen LogP contribution in [-0.4, -0.2) is 29.8 Å². The molecule has 0 heterocycles. The van der Waals surface area contributed by atoms with Crippen molar-refractivity contribution >= 4 is 17.9 Å². The van der Waals surface area contributed by atoms with Crippen LogP contribution in [0, 0.1) is 11.3 Å². The molecule has 1 rings (SSSR count). The number of nitrogens with zero attached hydrogens (tertiary/aromatic N) is 2. The van der Waals surface area contributed by atoms with Crippen molar-refractivity contribution in [1.82, 2.24) is 0 Å². The Morgan fingerprint density at radius 1 is 0.964 bits per heavy atom. The number of anilines is 1. The van der Waals surface area contributed by atoms with E-state index < -0.39 is 46.8 Å². The van der Waals surface area contributed by atoms with E-state index in [-0.39, 0.29) is 4.90 Å². The molecule has 0 unspecified atom stereocenters. The first-order valence-corrected chi connectivity index (χ1v) is 8.09. The van der Waals surface area contributed by atoms with Gasteiger partial charge in [0.2, 0.25) is 0 Å². The fraction of sp³-hybridized carbons (Fsp3) is 0.500. The van der Waals surface area contributed by atoms with Crippen molar-refractivity contribution in [1.29, 1.82) is 5.26 Å². The molecule has 10 heteroatoms. The third-order valence-corrected chi connectivity index (χ3v) is 2.72. The number of benzene rings is 1. The van der Waals surface area contributed by atoms with Crippen LogP contribution in [0.1, 0.15) is 47.1 Å². The molecule has 0 radical (unpaired) electrons. The molecule has 0 bridgehead atoms. The predicted octanol–water partition coefficient (Wildman–Crippen LogP) is 5.13. The molecule has 0 saturated carbocycles. The van der Waals surface area contributed by atoms with Crippen LogP contribution in [0.4, 0.5) is 28.4 Å². The Hall–Kier alpha value is -2.96. The van der Waals surface area contributed by atoms with Crippen molar-refractivity contribution in [3.8, 4) is 11.8 Å². The van der Waals surface area contributed by atoms with E-state index in [0.717, 1.165) is 18.2 Å². The Labute approximate surface area is 160 Å². The number of para-hydroxylation sites is 1. The van der Waals surface area contributed by atoms with Crippen molar-refractivity contribution in [2.45, 2.75) is 59.1 Å². The minimum atomic E-state index is -5.13. The van der Waals surface area contributed by atoms with Crippen LogP contribution in [-0.2, 0) is 9.47 Å². The zero-order valence-electron chi connectivity index (χ0n) is 16.3. The smallest absolute Gasteiger partial charge is 0.443 e. The average Bonchev–Trinajstić information content (AvgIpc) is 2.43. The minimum Gasteiger partial charge on any atom is -0.443 e. The molecule has 2 amide bonds. The average molecular weight is 402 g/mol. The van der Waals surface area contributed by atoms with E-state index in [1.807, 2.05) is 0 Å². The third kappa shape index (κ3) is 6.98. The number of hydrogen-bond donors (Lipinski definition) is 0. The highest BCUT2D eigenvalue weighted by Crippen LogP contribution is 2.37. The van der Waals surface area contributed by atoms with E-state index in [0.29, 0.717) is 0 Å². The molecule has 0 N–H and O–H groups in total. The van der Waals surface area contributed by atoms with Gasteiger partial charge in [-0.05, 0) is 53.7 Å². The number of nitriles is 1. The molecule has 0 aliphatic heterocycles. The Morgan fingerprint density at radius 2 is 1.43 bits per heavy atom. The largest absolute Gasteiger partial charge is 0.573 e. The molecule has 0 fully saturated rings. The van der Waals surface area contributed by atoms with Crippen molar-refractivity contribution in [2.24, 2.45) is 0 Å². The molecule has 28 heavy (non-hydrogen) atoms. The second kappa shape index (κ2) is 7.96. The van der Waals surface area contributed by atoms with Gasteiger partial charge < -0.3 is 14.2 Å². The van der Waals surface area contributed by atoms with Gasteiger partial charge in [0.15, 0.2) is 5.75 Å². The Kier molecular flexibility index (Phi) is 6.56. The van der Waals surface area contributed by atoms with E-state index in [9.17, 15) is 28.0 Å². The normalized spacial score (nSPS) is 12.0. The molecule has 0 atom stereocenters. The molecule has 1 aromatic carbocycles. The summed E-state index contributed by atoms with van der Waals surface area (Å²) in [5.74, 6) is -0.928. The van der Waals surface area contributed by atoms with Gasteiger partial charge in [-0.15, -0.1) is 13.2 Å². The standard InChI is InChI=1S/C18H21F3N2O5/c1-16(2,3)27-14(24)23(15(25)28-17(4,5)6)13-11(10-22)8-7-9-12(13)26-18(19,20)21/h7-9H,1-6H3. The van der Waals surface area contributed by atoms with E-state index in [4.69, 9.17) is 9.47 Å². The van der Waals surface area contributed by atoms with Gasteiger partial charge in [-0.25, -0.2) is 9.59 Å². The van der Waals surface area contributed by atoms with Gasteiger partial charge in [-0.3, -0.25) is 0 Å². The molecule has 7 nitrogen and oxygen atoms in total. The number of hydrogen-bond acceptors (Lipinski definition) is 6. The van der Waals surface area contributed by atoms with Gasteiger partial charge in [0.1, 0.15) is 23.0 Å². The lowest BCUT2D eigenvalue weighted by atomic mass is 10.1. The maximum Gasteiger partial charge on any atom is 0.573 e. The highest BCUT2D eigenvalue weighted by molar-refractivity contribution is 6.11. The summed E-state index contributed by atoms with van der Waals surface area (Å²) in [6.45, 7) is 9.01. The molecule has 0 aliphatic carbocycles. The van der Waals surface area contributed by atoms with E-state index in [2.05, 4.69) is 4.74 Å². The maximum absolute atomic E-state index is 12.8. The number of carbonyl (C=O) groups is 2. The summed E-state index contributed by atoms with van der Waals surface area (Å²) in [5.41, 5.74) is -3.31. The maximum atomic E-state index is 12.8. The zero-order valence-corrected chi connectivity index (χ0v) is 16.3. The topological polar surface area (TPSA) is 88.9 Å². The van der Waals surface area contributed by atoms with Crippen molar-refractivity contribution in [3.63, 3.8) is 0 Å². The summed E-state index contributed by atoms with van der Waals surface area (Å²) in [4.78, 5) is 25.5. The SMILES string of the molecule is CC(C)(C)OC(=O)N(C(=O)OC(C)(C)C)c1c(C#N)cccc1OC(F)(F)F. The van der Waals surface area contributed by atoms with Crippen LogP contribution in [0.3, 0.4) is 0 Å². The van der Waals surface area contributed by atoms with Gasteiger partial charge in [-0.2, -0.15) is 10.2 Å². The molecule has 154 valence electrons. The molecular formula is C18H21F3N2O5. The second-order valence-corrected chi connectivity index (χ2v) is 7.61. The highest BCUT2D eigenvalue weighted by atomic mass is 19.4. The van der Waals surface area contributed by atoms with Crippen LogP contribution < -0.4 is 9.64 Å². The van der Waals surface area contributed by atoms with Crippen LogP contribution in [0.15, 0.2) is 18.2 Å². The lowest BCUT2D eigenvalue weighted by Gasteiger charge is -2.29. The Bertz CT molecular complexity index is 758. The first-order chi connectivity index (χ1) is 12.5. The molecule has 0 saturated heterocycles. The van der Waals surface area contributed by atoms with E-state index in [1.54, 1.807) is 6.07 Å². The van der Waals surface area contributed by atoms with Gasteiger partial charge in [0, 0.05) is 0 Å². The van der Waals surface area contributed by atoms with Crippen LogP contribution in [0.2, 0.25) is 0 Å². The second-order valence-electron chi connectivity index (χ2n) is 7.61. The molecule has 0 aromatic heterocycles. The lowest BCUT2D eigenvalue weighted by molar-refractivity contribution is -0.274. The number of alkyl halides is 3. The number of halogens is 3. The fourth-order valence-corrected chi connectivity index (χ4v) is 1.92. The van der Waals surface area contributed by atoms with E-state index >= 15 is 0 Å². The quantitative estimate of drug-likeness (QED) is 0.681. The molecule has 0 aliphatic rings. The van der Waals surface area contributed by atoms with Crippen molar-refractivity contribution < 1.29 is 37.0 Å². The first kappa shape index (κ1) is 23.1. The van der Waals surface area contributed by atoms with Gasteiger partial charge in [0.25, 0.3) is 0 Å².